The molecular weight excluding hydrogens is 148 g/mol. The summed E-state index contributed by atoms with van der Waals surface area (Å²) in [5, 5.41) is 7.64. The minimum absolute atomic E-state index is 0.433. The Morgan fingerprint density at radius 3 is 3.08 bits per heavy atom. The van der Waals surface area contributed by atoms with E-state index in [2.05, 4.69) is 24.9 Å². The van der Waals surface area contributed by atoms with E-state index < -0.39 is 0 Å². The van der Waals surface area contributed by atoms with Crippen LogP contribution in [0.15, 0.2) is 12.3 Å². The Hall–Kier alpha value is -0.790. The van der Waals surface area contributed by atoms with Crippen LogP contribution in [0, 0.1) is 11.3 Å². The van der Waals surface area contributed by atoms with Gasteiger partial charge in [-0.2, -0.15) is 0 Å². The molecule has 2 nitrogen and oxygen atoms in total. The minimum Gasteiger partial charge on any atom is -0.377 e. The van der Waals surface area contributed by atoms with Gasteiger partial charge in [-0.15, -0.1) is 0 Å². The van der Waals surface area contributed by atoms with Crippen molar-refractivity contribution in [1.29, 1.82) is 5.41 Å². The van der Waals surface area contributed by atoms with Crippen LogP contribution in [0.5, 0.6) is 0 Å². The highest BCUT2D eigenvalue weighted by Crippen LogP contribution is 2.11. The van der Waals surface area contributed by atoms with Gasteiger partial charge in [-0.05, 0) is 24.8 Å². The van der Waals surface area contributed by atoms with Crippen molar-refractivity contribution in [1.82, 2.24) is 4.90 Å². The second-order valence-electron chi connectivity index (χ2n) is 3.50. The molecule has 0 aromatic carbocycles. The van der Waals surface area contributed by atoms with Crippen molar-refractivity contribution in [3.8, 4) is 0 Å². The fourth-order valence-electron chi connectivity index (χ4n) is 1.41. The number of nitrogens with zero attached hydrogens (tertiary/aromatic N) is 1. The Bertz CT molecular complexity index is 184. The second kappa shape index (κ2) is 4.29. The first-order valence-corrected chi connectivity index (χ1v) is 4.74. The maximum atomic E-state index is 7.64. The lowest BCUT2D eigenvalue weighted by molar-refractivity contribution is 0.363. The minimum atomic E-state index is 0.433. The van der Waals surface area contributed by atoms with Gasteiger partial charge in [0.15, 0.2) is 0 Å². The van der Waals surface area contributed by atoms with E-state index in [1.807, 2.05) is 6.08 Å². The largest absolute Gasteiger partial charge is 0.377 e. The van der Waals surface area contributed by atoms with Crippen LogP contribution in [0.1, 0.15) is 26.7 Å². The van der Waals surface area contributed by atoms with Crippen LogP contribution in [-0.4, -0.2) is 23.7 Å². The van der Waals surface area contributed by atoms with Crippen molar-refractivity contribution in [2.24, 2.45) is 5.92 Å². The molecule has 1 aliphatic rings. The fourth-order valence-corrected chi connectivity index (χ4v) is 1.41. The highest BCUT2D eigenvalue weighted by Gasteiger charge is 2.11. The lowest BCUT2D eigenvalue weighted by Crippen LogP contribution is -2.19. The third kappa shape index (κ3) is 2.36. The van der Waals surface area contributed by atoms with Crippen molar-refractivity contribution in [2.45, 2.75) is 26.7 Å². The number of nitrogens with one attached hydrogen (secondary N) is 1. The van der Waals surface area contributed by atoms with Gasteiger partial charge in [0.05, 0.1) is 0 Å². The maximum Gasteiger partial charge on any atom is 0.0357 e. The summed E-state index contributed by atoms with van der Waals surface area (Å²) >= 11 is 0. The zero-order valence-electron chi connectivity index (χ0n) is 8.01. The van der Waals surface area contributed by atoms with E-state index in [4.69, 9.17) is 5.41 Å². The van der Waals surface area contributed by atoms with Gasteiger partial charge in [-0.3, -0.25) is 0 Å². The summed E-state index contributed by atoms with van der Waals surface area (Å²) in [6.07, 6.45) is 6.31. The van der Waals surface area contributed by atoms with Crippen LogP contribution in [0.25, 0.3) is 0 Å². The molecule has 1 N–H and O–H groups in total. The predicted octanol–water partition coefficient (Wildman–Crippen LogP) is 2.27. The molecule has 1 aliphatic heterocycles. The van der Waals surface area contributed by atoms with Crippen LogP contribution in [0.2, 0.25) is 0 Å². The van der Waals surface area contributed by atoms with Gasteiger partial charge in [0.1, 0.15) is 0 Å². The Labute approximate surface area is 74.8 Å². The van der Waals surface area contributed by atoms with Crippen molar-refractivity contribution >= 4 is 5.71 Å². The molecule has 68 valence electrons. The molecule has 1 unspecified atom stereocenters. The van der Waals surface area contributed by atoms with Gasteiger partial charge >= 0.3 is 0 Å². The molecule has 0 aromatic rings. The Balaban J connectivity index is 2.51. The van der Waals surface area contributed by atoms with Gasteiger partial charge in [-0.25, -0.2) is 0 Å². The monoisotopic (exact) mass is 166 g/mol. The topological polar surface area (TPSA) is 27.1 Å². The average molecular weight is 166 g/mol. The molecule has 1 atom stereocenters. The van der Waals surface area contributed by atoms with E-state index >= 15 is 0 Å². The Morgan fingerprint density at radius 1 is 1.67 bits per heavy atom. The summed E-state index contributed by atoms with van der Waals surface area (Å²) in [7, 11) is 0. The van der Waals surface area contributed by atoms with E-state index in [1.54, 1.807) is 0 Å². The van der Waals surface area contributed by atoms with E-state index in [0.717, 1.165) is 25.2 Å². The van der Waals surface area contributed by atoms with E-state index in [1.165, 1.54) is 6.42 Å². The Morgan fingerprint density at radius 2 is 2.42 bits per heavy atom. The number of hydrogen-bond acceptors (Lipinski definition) is 2. The van der Waals surface area contributed by atoms with Crippen molar-refractivity contribution in [3.63, 3.8) is 0 Å². The zero-order chi connectivity index (χ0) is 8.97. The van der Waals surface area contributed by atoms with Crippen LogP contribution in [-0.2, 0) is 0 Å². The normalized spacial score (nSPS) is 24.3. The van der Waals surface area contributed by atoms with Crippen LogP contribution >= 0.6 is 0 Å². The van der Waals surface area contributed by atoms with Crippen molar-refractivity contribution in [3.05, 3.63) is 12.3 Å². The number of hydrogen-bond donors (Lipinski definition) is 1. The number of rotatable bonds is 2. The van der Waals surface area contributed by atoms with Gasteiger partial charge in [-0.1, -0.05) is 13.8 Å². The highest BCUT2D eigenvalue weighted by atomic mass is 15.1. The fraction of sp³-hybridized carbons (Fsp3) is 0.700. The van der Waals surface area contributed by atoms with Gasteiger partial charge < -0.3 is 10.3 Å². The average Bonchev–Trinajstić information content (AvgIpc) is 2.20. The first-order chi connectivity index (χ1) is 5.74. The smallest absolute Gasteiger partial charge is 0.0357 e. The van der Waals surface area contributed by atoms with Gasteiger partial charge in [0.2, 0.25) is 0 Å². The molecule has 0 saturated heterocycles. The third-order valence-electron chi connectivity index (χ3n) is 2.36. The second-order valence-corrected chi connectivity index (χ2v) is 3.50. The first kappa shape index (κ1) is 9.30. The molecule has 0 saturated carbocycles. The summed E-state index contributed by atoms with van der Waals surface area (Å²) in [5.74, 6) is 0.433. The molecule has 0 bridgehead atoms. The van der Waals surface area contributed by atoms with E-state index in [9.17, 15) is 0 Å². The van der Waals surface area contributed by atoms with Crippen LogP contribution in [0.3, 0.4) is 0 Å². The lowest BCUT2D eigenvalue weighted by Gasteiger charge is -2.17. The lowest BCUT2D eigenvalue weighted by atomic mass is 10.0. The molecule has 1 heterocycles. The van der Waals surface area contributed by atoms with E-state index in [0.29, 0.717) is 5.92 Å². The predicted molar refractivity (Wildman–Crippen MR) is 52.5 cm³/mol. The molecule has 0 aromatic heterocycles. The molecule has 0 spiro atoms. The summed E-state index contributed by atoms with van der Waals surface area (Å²) in [6.45, 7) is 6.54. The Kier molecular flexibility index (Phi) is 3.32. The summed E-state index contributed by atoms with van der Waals surface area (Å²) in [6, 6.07) is 0. The van der Waals surface area contributed by atoms with Crippen molar-refractivity contribution in [2.75, 3.05) is 13.1 Å². The molecule has 0 radical (unpaired) electrons. The molecule has 2 heteroatoms. The van der Waals surface area contributed by atoms with E-state index in [-0.39, 0.29) is 0 Å². The molecule has 0 fully saturated rings. The SMILES string of the molecule is CCCN1C=CC(=N)C(C)CC1. The summed E-state index contributed by atoms with van der Waals surface area (Å²) in [4.78, 5) is 2.30. The summed E-state index contributed by atoms with van der Waals surface area (Å²) < 4.78 is 0. The standard InChI is InChI=1S/C10H18N2/c1-3-6-12-7-4-9(2)10(11)5-8-12/h5,8-9,11H,3-4,6-7H2,1-2H3. The van der Waals surface area contributed by atoms with Gasteiger partial charge in [0.25, 0.3) is 0 Å². The van der Waals surface area contributed by atoms with Gasteiger partial charge in [0, 0.05) is 25.0 Å². The molecule has 12 heavy (non-hydrogen) atoms. The first-order valence-electron chi connectivity index (χ1n) is 4.74. The number of allylic oxidation sites excluding steroid dienone is 1. The highest BCUT2D eigenvalue weighted by molar-refractivity contribution is 5.94. The molecule has 1 rings (SSSR count). The van der Waals surface area contributed by atoms with Crippen LogP contribution in [0.4, 0.5) is 0 Å². The van der Waals surface area contributed by atoms with Crippen LogP contribution < -0.4 is 0 Å². The van der Waals surface area contributed by atoms with Crippen molar-refractivity contribution < 1.29 is 0 Å². The maximum absolute atomic E-state index is 7.64. The molecule has 0 amide bonds. The summed E-state index contributed by atoms with van der Waals surface area (Å²) in [5.41, 5.74) is 0.772. The zero-order valence-corrected chi connectivity index (χ0v) is 8.01. The molecular formula is C10H18N2. The molecule has 0 aliphatic carbocycles. The quantitative estimate of drug-likeness (QED) is 0.669. The third-order valence-corrected chi connectivity index (χ3v) is 2.36.